The fraction of sp³-hybridized carbons (Fsp3) is 0.455. The molecule has 0 bridgehead atoms. The van der Waals surface area contributed by atoms with E-state index >= 15 is 0 Å². The van der Waals surface area contributed by atoms with E-state index < -0.39 is 0 Å². The van der Waals surface area contributed by atoms with Gasteiger partial charge in [0.1, 0.15) is 12.4 Å². The largest absolute Gasteiger partial charge is 0.490 e. The van der Waals surface area contributed by atoms with Crippen molar-refractivity contribution in [1.82, 2.24) is 0 Å². The first-order valence-electron chi connectivity index (χ1n) is 4.83. The number of rotatable bonds is 7. The SMILES string of the molecule is CSc1ccccc1OCCOCCO. The van der Waals surface area contributed by atoms with E-state index in [-0.39, 0.29) is 6.61 Å². The number of aliphatic hydroxyl groups excluding tert-OH is 1. The molecule has 0 radical (unpaired) electrons. The first-order chi connectivity index (χ1) is 7.38. The Morgan fingerprint density at radius 1 is 1.20 bits per heavy atom. The molecule has 0 saturated carbocycles. The minimum atomic E-state index is 0.0569. The molecule has 0 atom stereocenters. The Bertz CT molecular complexity index is 278. The first kappa shape index (κ1) is 12.4. The molecule has 0 aliphatic carbocycles. The average Bonchev–Trinajstić information content (AvgIpc) is 2.29. The predicted octanol–water partition coefficient (Wildman–Crippen LogP) is 1.80. The van der Waals surface area contributed by atoms with E-state index in [9.17, 15) is 0 Å². The van der Waals surface area contributed by atoms with E-state index in [2.05, 4.69) is 0 Å². The summed E-state index contributed by atoms with van der Waals surface area (Å²) < 4.78 is 10.6. The summed E-state index contributed by atoms with van der Waals surface area (Å²) in [6, 6.07) is 7.90. The van der Waals surface area contributed by atoms with Gasteiger partial charge in [-0.2, -0.15) is 0 Å². The Hall–Kier alpha value is -0.710. The lowest BCUT2D eigenvalue weighted by Crippen LogP contribution is -2.09. The maximum atomic E-state index is 8.50. The third-order valence-corrected chi connectivity index (χ3v) is 2.57. The molecule has 0 aliphatic rings. The van der Waals surface area contributed by atoms with Crippen molar-refractivity contribution < 1.29 is 14.6 Å². The Morgan fingerprint density at radius 2 is 2.00 bits per heavy atom. The zero-order chi connectivity index (χ0) is 10.9. The smallest absolute Gasteiger partial charge is 0.132 e. The van der Waals surface area contributed by atoms with Gasteiger partial charge in [0, 0.05) is 4.90 Å². The van der Waals surface area contributed by atoms with E-state index in [1.54, 1.807) is 11.8 Å². The van der Waals surface area contributed by atoms with Gasteiger partial charge in [-0.15, -0.1) is 11.8 Å². The van der Waals surface area contributed by atoms with Gasteiger partial charge in [-0.3, -0.25) is 0 Å². The highest BCUT2D eigenvalue weighted by Gasteiger charge is 2.00. The fourth-order valence-corrected chi connectivity index (χ4v) is 1.66. The third kappa shape index (κ3) is 4.55. The van der Waals surface area contributed by atoms with Crippen LogP contribution in [0.2, 0.25) is 0 Å². The van der Waals surface area contributed by atoms with Crippen LogP contribution in [0, 0.1) is 0 Å². The second-order valence-electron chi connectivity index (χ2n) is 2.84. The maximum Gasteiger partial charge on any atom is 0.132 e. The van der Waals surface area contributed by atoms with Crippen molar-refractivity contribution in [2.24, 2.45) is 0 Å². The molecule has 0 saturated heterocycles. The molecule has 0 heterocycles. The summed E-state index contributed by atoms with van der Waals surface area (Å²) in [7, 11) is 0. The van der Waals surface area contributed by atoms with Crippen LogP contribution >= 0.6 is 11.8 Å². The van der Waals surface area contributed by atoms with Crippen molar-refractivity contribution in [1.29, 1.82) is 0 Å². The van der Waals surface area contributed by atoms with Gasteiger partial charge in [0.25, 0.3) is 0 Å². The van der Waals surface area contributed by atoms with Crippen LogP contribution in [0.25, 0.3) is 0 Å². The van der Waals surface area contributed by atoms with E-state index in [1.807, 2.05) is 30.5 Å². The standard InChI is InChI=1S/C11H16O3S/c1-15-11-5-3-2-4-10(11)14-9-8-13-7-6-12/h2-5,12H,6-9H2,1H3. The van der Waals surface area contributed by atoms with E-state index in [0.29, 0.717) is 19.8 Å². The summed E-state index contributed by atoms with van der Waals surface area (Å²) in [4.78, 5) is 1.12. The van der Waals surface area contributed by atoms with Gasteiger partial charge in [-0.25, -0.2) is 0 Å². The Balaban J connectivity index is 2.30. The summed E-state index contributed by atoms with van der Waals surface area (Å²) in [5, 5.41) is 8.50. The van der Waals surface area contributed by atoms with E-state index in [0.717, 1.165) is 10.6 Å². The maximum absolute atomic E-state index is 8.50. The number of hydrogen-bond donors (Lipinski definition) is 1. The van der Waals surface area contributed by atoms with Crippen LogP contribution in [0.4, 0.5) is 0 Å². The zero-order valence-corrected chi connectivity index (χ0v) is 9.63. The molecule has 0 fully saturated rings. The minimum Gasteiger partial charge on any atom is -0.490 e. The highest BCUT2D eigenvalue weighted by Crippen LogP contribution is 2.26. The molecule has 1 aromatic rings. The topological polar surface area (TPSA) is 38.7 Å². The van der Waals surface area contributed by atoms with Gasteiger partial charge < -0.3 is 14.6 Å². The van der Waals surface area contributed by atoms with Crippen molar-refractivity contribution in [3.8, 4) is 5.75 Å². The Labute approximate surface area is 94.4 Å². The minimum absolute atomic E-state index is 0.0569. The molecular weight excluding hydrogens is 212 g/mol. The Kier molecular flexibility index (Phi) is 6.23. The summed E-state index contributed by atoms with van der Waals surface area (Å²) in [5.41, 5.74) is 0. The number of thioether (sulfide) groups is 1. The van der Waals surface area contributed by atoms with Gasteiger partial charge in [0.15, 0.2) is 0 Å². The zero-order valence-electron chi connectivity index (χ0n) is 8.81. The molecule has 15 heavy (non-hydrogen) atoms. The van der Waals surface area contributed by atoms with Crippen molar-refractivity contribution in [2.75, 3.05) is 32.7 Å². The molecule has 0 aliphatic heterocycles. The molecule has 1 rings (SSSR count). The van der Waals surface area contributed by atoms with Crippen LogP contribution in [-0.4, -0.2) is 37.8 Å². The number of benzene rings is 1. The van der Waals surface area contributed by atoms with Crippen LogP contribution in [0.3, 0.4) is 0 Å². The lowest BCUT2D eigenvalue weighted by molar-refractivity contribution is 0.0699. The van der Waals surface area contributed by atoms with Gasteiger partial charge in [-0.1, -0.05) is 12.1 Å². The monoisotopic (exact) mass is 228 g/mol. The number of ether oxygens (including phenoxy) is 2. The lowest BCUT2D eigenvalue weighted by atomic mass is 10.3. The molecule has 1 aromatic carbocycles. The van der Waals surface area contributed by atoms with Crippen molar-refractivity contribution >= 4 is 11.8 Å². The summed E-state index contributed by atoms with van der Waals surface area (Å²) in [6.07, 6.45) is 2.02. The normalized spacial score (nSPS) is 10.3. The first-order valence-corrected chi connectivity index (χ1v) is 6.05. The Morgan fingerprint density at radius 3 is 2.73 bits per heavy atom. The summed E-state index contributed by atoms with van der Waals surface area (Å²) in [6.45, 7) is 1.44. The van der Waals surface area contributed by atoms with Gasteiger partial charge in [0.2, 0.25) is 0 Å². The van der Waals surface area contributed by atoms with Crippen LogP contribution in [0.15, 0.2) is 29.2 Å². The van der Waals surface area contributed by atoms with Crippen LogP contribution in [0.5, 0.6) is 5.75 Å². The third-order valence-electron chi connectivity index (χ3n) is 1.79. The second kappa shape index (κ2) is 7.56. The summed E-state index contributed by atoms with van der Waals surface area (Å²) >= 11 is 1.66. The van der Waals surface area contributed by atoms with E-state index in [4.69, 9.17) is 14.6 Å². The summed E-state index contributed by atoms with van der Waals surface area (Å²) in [5.74, 6) is 0.887. The highest BCUT2D eigenvalue weighted by molar-refractivity contribution is 7.98. The second-order valence-corrected chi connectivity index (χ2v) is 3.68. The van der Waals surface area contributed by atoms with Crippen molar-refractivity contribution in [2.45, 2.75) is 4.90 Å². The number of aliphatic hydroxyl groups is 1. The molecule has 0 aromatic heterocycles. The van der Waals surface area contributed by atoms with Crippen molar-refractivity contribution in [3.63, 3.8) is 0 Å². The van der Waals surface area contributed by atoms with Crippen molar-refractivity contribution in [3.05, 3.63) is 24.3 Å². The highest BCUT2D eigenvalue weighted by atomic mass is 32.2. The molecule has 84 valence electrons. The molecular formula is C11H16O3S. The lowest BCUT2D eigenvalue weighted by Gasteiger charge is -2.09. The van der Waals surface area contributed by atoms with Gasteiger partial charge in [0.05, 0.1) is 19.8 Å². The van der Waals surface area contributed by atoms with Crippen LogP contribution in [-0.2, 0) is 4.74 Å². The van der Waals surface area contributed by atoms with Gasteiger partial charge in [-0.05, 0) is 18.4 Å². The molecule has 0 spiro atoms. The molecule has 1 N–H and O–H groups in total. The molecule has 3 nitrogen and oxygen atoms in total. The number of para-hydroxylation sites is 1. The van der Waals surface area contributed by atoms with Crippen LogP contribution in [0.1, 0.15) is 0 Å². The molecule has 4 heteroatoms. The fourth-order valence-electron chi connectivity index (χ4n) is 1.12. The van der Waals surface area contributed by atoms with Gasteiger partial charge >= 0.3 is 0 Å². The van der Waals surface area contributed by atoms with E-state index in [1.165, 1.54) is 0 Å². The quantitative estimate of drug-likeness (QED) is 0.570. The molecule has 0 amide bonds. The molecule has 0 unspecified atom stereocenters. The van der Waals surface area contributed by atoms with Crippen LogP contribution < -0.4 is 4.74 Å². The predicted molar refractivity (Wildman–Crippen MR) is 61.6 cm³/mol. The number of hydrogen-bond acceptors (Lipinski definition) is 4. The average molecular weight is 228 g/mol.